The van der Waals surface area contributed by atoms with E-state index >= 15 is 0 Å². The molecule has 2 aromatic rings. The van der Waals surface area contributed by atoms with E-state index in [1.807, 2.05) is 0 Å². The number of anilines is 2. The summed E-state index contributed by atoms with van der Waals surface area (Å²) in [5, 5.41) is 0. The van der Waals surface area contributed by atoms with Crippen LogP contribution in [0.4, 0.5) is 37.7 Å². The number of hydrogen-bond donors (Lipinski definition) is 2. The first-order valence-electron chi connectivity index (χ1n) is 6.41. The molecular formula is C15H12F6N2. The van der Waals surface area contributed by atoms with Crippen LogP contribution in [0.2, 0.25) is 0 Å². The van der Waals surface area contributed by atoms with E-state index in [1.54, 1.807) is 18.2 Å². The van der Waals surface area contributed by atoms with Gasteiger partial charge in [-0.25, -0.2) is 0 Å². The van der Waals surface area contributed by atoms with Crippen LogP contribution in [0, 0.1) is 0 Å². The van der Waals surface area contributed by atoms with Crippen LogP contribution < -0.4 is 11.5 Å². The molecule has 0 radical (unpaired) electrons. The molecule has 4 N–H and O–H groups in total. The second kappa shape index (κ2) is 5.68. The van der Waals surface area contributed by atoms with Crippen LogP contribution in [-0.2, 0) is 18.8 Å². The van der Waals surface area contributed by atoms with Crippen molar-refractivity contribution >= 4 is 11.4 Å². The summed E-state index contributed by atoms with van der Waals surface area (Å²) in [5.74, 6) is 0. The molecule has 0 saturated heterocycles. The maximum Gasteiger partial charge on any atom is 0.419 e. The molecule has 0 aliphatic heterocycles. The van der Waals surface area contributed by atoms with Gasteiger partial charge in [-0.05, 0) is 23.6 Å². The van der Waals surface area contributed by atoms with Gasteiger partial charge < -0.3 is 11.5 Å². The van der Waals surface area contributed by atoms with Crippen LogP contribution in [0.5, 0.6) is 0 Å². The summed E-state index contributed by atoms with van der Waals surface area (Å²) in [6.45, 7) is 0. The second-order valence-corrected chi connectivity index (χ2v) is 4.95. The van der Waals surface area contributed by atoms with Crippen molar-refractivity contribution < 1.29 is 26.3 Å². The fraction of sp³-hybridized carbons (Fsp3) is 0.200. The summed E-state index contributed by atoms with van der Waals surface area (Å²) in [6.07, 6.45) is -10.8. The van der Waals surface area contributed by atoms with Crippen LogP contribution in [0.1, 0.15) is 22.3 Å². The average Bonchev–Trinajstić information content (AvgIpc) is 2.40. The van der Waals surface area contributed by atoms with Crippen LogP contribution in [0.3, 0.4) is 0 Å². The number of hydrogen-bond acceptors (Lipinski definition) is 2. The normalized spacial score (nSPS) is 12.4. The van der Waals surface area contributed by atoms with E-state index in [0.29, 0.717) is 5.56 Å². The molecule has 8 heteroatoms. The highest BCUT2D eigenvalue weighted by atomic mass is 19.4. The topological polar surface area (TPSA) is 52.0 Å². The molecule has 0 heterocycles. The number of rotatable bonds is 2. The highest BCUT2D eigenvalue weighted by molar-refractivity contribution is 5.72. The van der Waals surface area contributed by atoms with Gasteiger partial charge in [0, 0.05) is 0 Å². The van der Waals surface area contributed by atoms with Crippen molar-refractivity contribution in [1.82, 2.24) is 0 Å². The fourth-order valence-corrected chi connectivity index (χ4v) is 2.35. The first kappa shape index (κ1) is 17.0. The number of benzene rings is 2. The summed E-state index contributed by atoms with van der Waals surface area (Å²) in [7, 11) is 0. The van der Waals surface area contributed by atoms with Crippen LogP contribution >= 0.6 is 0 Å². The summed E-state index contributed by atoms with van der Waals surface area (Å²) in [6, 6.07) is 8.68. The SMILES string of the molecule is Nc1cc(Cc2ccccc2)c(C(F)(F)F)c(C(F)(F)F)c1N. The number of nitrogens with two attached hydrogens (primary N) is 2. The molecule has 0 fully saturated rings. The summed E-state index contributed by atoms with van der Waals surface area (Å²) < 4.78 is 79.1. The van der Waals surface area contributed by atoms with Crippen LogP contribution in [-0.4, -0.2) is 0 Å². The van der Waals surface area contributed by atoms with Crippen molar-refractivity contribution in [2.75, 3.05) is 11.5 Å². The molecule has 0 amide bonds. The zero-order valence-electron chi connectivity index (χ0n) is 11.6. The molecule has 0 saturated carbocycles. The van der Waals surface area contributed by atoms with Gasteiger partial charge in [-0.2, -0.15) is 26.3 Å². The second-order valence-electron chi connectivity index (χ2n) is 4.95. The highest BCUT2D eigenvalue weighted by Crippen LogP contribution is 2.47. The first-order chi connectivity index (χ1) is 10.5. The largest absolute Gasteiger partial charge is 0.419 e. The highest BCUT2D eigenvalue weighted by Gasteiger charge is 2.46. The predicted octanol–water partition coefficient (Wildman–Crippen LogP) is 4.48. The third kappa shape index (κ3) is 3.52. The van der Waals surface area contributed by atoms with Gasteiger partial charge in [0.25, 0.3) is 0 Å². The molecule has 2 nitrogen and oxygen atoms in total. The van der Waals surface area contributed by atoms with Gasteiger partial charge in [0.05, 0.1) is 22.5 Å². The molecule has 2 aromatic carbocycles. The standard InChI is InChI=1S/C15H12F6N2/c16-14(17,18)11-9(6-8-4-2-1-3-5-8)7-10(22)13(23)12(11)15(19,20)21/h1-5,7H,6,22-23H2. The zero-order chi connectivity index (χ0) is 17.4. The maximum atomic E-state index is 13.3. The van der Waals surface area contributed by atoms with E-state index in [2.05, 4.69) is 0 Å². The van der Waals surface area contributed by atoms with Crippen molar-refractivity contribution in [3.8, 4) is 0 Å². The van der Waals surface area contributed by atoms with Gasteiger partial charge in [0.15, 0.2) is 0 Å². The molecule has 0 atom stereocenters. The van der Waals surface area contributed by atoms with Gasteiger partial charge in [-0.15, -0.1) is 0 Å². The Labute approximate surface area is 127 Å². The lowest BCUT2D eigenvalue weighted by molar-refractivity contribution is -0.162. The average molecular weight is 334 g/mol. The molecule has 0 bridgehead atoms. The van der Waals surface area contributed by atoms with Crippen molar-refractivity contribution in [3.05, 3.63) is 58.7 Å². The molecule has 0 unspecified atom stereocenters. The molecule has 0 aliphatic rings. The lowest BCUT2D eigenvalue weighted by Crippen LogP contribution is -2.22. The molecule has 124 valence electrons. The fourth-order valence-electron chi connectivity index (χ4n) is 2.35. The minimum absolute atomic E-state index is 0.344. The van der Waals surface area contributed by atoms with E-state index in [1.165, 1.54) is 12.1 Å². The van der Waals surface area contributed by atoms with Crippen LogP contribution in [0.25, 0.3) is 0 Å². The van der Waals surface area contributed by atoms with Crippen LogP contribution in [0.15, 0.2) is 36.4 Å². The molecule has 0 spiro atoms. The number of halogens is 6. The minimum Gasteiger partial charge on any atom is -0.397 e. The summed E-state index contributed by atoms with van der Waals surface area (Å²) in [5.41, 5.74) is 5.07. The van der Waals surface area contributed by atoms with Gasteiger partial charge in [0.1, 0.15) is 0 Å². The Morgan fingerprint density at radius 3 is 1.78 bits per heavy atom. The first-order valence-corrected chi connectivity index (χ1v) is 6.41. The Morgan fingerprint density at radius 1 is 0.783 bits per heavy atom. The monoisotopic (exact) mass is 334 g/mol. The molecule has 2 rings (SSSR count). The maximum absolute atomic E-state index is 13.3. The van der Waals surface area contributed by atoms with Crippen molar-refractivity contribution in [3.63, 3.8) is 0 Å². The number of alkyl halides is 6. The van der Waals surface area contributed by atoms with Crippen molar-refractivity contribution in [1.29, 1.82) is 0 Å². The van der Waals surface area contributed by atoms with Gasteiger partial charge in [-0.3, -0.25) is 0 Å². The van der Waals surface area contributed by atoms with Gasteiger partial charge in [0.2, 0.25) is 0 Å². The minimum atomic E-state index is -5.27. The van der Waals surface area contributed by atoms with Gasteiger partial charge >= 0.3 is 12.4 Å². The number of nitrogen functional groups attached to an aromatic ring is 2. The van der Waals surface area contributed by atoms with E-state index in [-0.39, 0.29) is 6.42 Å². The molecular weight excluding hydrogens is 322 g/mol. The molecule has 23 heavy (non-hydrogen) atoms. The van der Waals surface area contributed by atoms with Crippen molar-refractivity contribution in [2.45, 2.75) is 18.8 Å². The predicted molar refractivity (Wildman–Crippen MR) is 74.5 cm³/mol. The van der Waals surface area contributed by atoms with E-state index < -0.39 is 40.4 Å². The Balaban J connectivity index is 2.74. The quantitative estimate of drug-likeness (QED) is 0.628. The third-order valence-electron chi connectivity index (χ3n) is 3.29. The lowest BCUT2D eigenvalue weighted by Gasteiger charge is -2.22. The Morgan fingerprint density at radius 2 is 1.30 bits per heavy atom. The van der Waals surface area contributed by atoms with E-state index in [9.17, 15) is 26.3 Å². The summed E-state index contributed by atoms with van der Waals surface area (Å²) >= 11 is 0. The van der Waals surface area contributed by atoms with Crippen molar-refractivity contribution in [2.24, 2.45) is 0 Å². The zero-order valence-corrected chi connectivity index (χ0v) is 11.6. The molecule has 0 aromatic heterocycles. The smallest absolute Gasteiger partial charge is 0.397 e. The molecule has 0 aliphatic carbocycles. The van der Waals surface area contributed by atoms with E-state index in [0.717, 1.165) is 6.07 Å². The summed E-state index contributed by atoms with van der Waals surface area (Å²) in [4.78, 5) is 0. The Kier molecular flexibility index (Phi) is 4.19. The lowest BCUT2D eigenvalue weighted by atomic mass is 9.92. The Hall–Kier alpha value is -2.38. The van der Waals surface area contributed by atoms with E-state index in [4.69, 9.17) is 11.5 Å². The van der Waals surface area contributed by atoms with Gasteiger partial charge in [-0.1, -0.05) is 30.3 Å². The Bertz CT molecular complexity index is 705. The third-order valence-corrected chi connectivity index (χ3v) is 3.29.